The van der Waals surface area contributed by atoms with Crippen LogP contribution in [0.15, 0.2) is 0 Å². The monoisotopic (exact) mass is 246 g/mol. The maximum Gasteiger partial charge on any atom is 0.248 e. The highest BCUT2D eigenvalue weighted by atomic mass is 35.7. The molecule has 1 unspecified atom stereocenters. The molecule has 1 saturated carbocycles. The number of alkyl halides is 2. The number of hydrogen-bond acceptors (Lipinski definition) is 2. The quantitative estimate of drug-likeness (QED) is 0.718. The lowest BCUT2D eigenvalue weighted by molar-refractivity contribution is -0.0526. The molecule has 0 heterocycles. The Hall–Kier alpha value is 0.1000. The highest BCUT2D eigenvalue weighted by Gasteiger charge is 2.36. The molecule has 0 N–H and O–H groups in total. The molecule has 14 heavy (non-hydrogen) atoms. The summed E-state index contributed by atoms with van der Waals surface area (Å²) in [7, 11) is 1.47. The Morgan fingerprint density at radius 3 is 2.57 bits per heavy atom. The average molecular weight is 247 g/mol. The van der Waals surface area contributed by atoms with Gasteiger partial charge in [0.15, 0.2) is 0 Å². The van der Waals surface area contributed by atoms with E-state index in [0.717, 1.165) is 0 Å². The topological polar surface area (TPSA) is 34.1 Å². The van der Waals surface area contributed by atoms with Gasteiger partial charge in [-0.15, -0.1) is 0 Å². The summed E-state index contributed by atoms with van der Waals surface area (Å²) in [5.74, 6) is -3.01. The number of halogens is 3. The molecule has 0 saturated heterocycles. The van der Waals surface area contributed by atoms with Crippen molar-refractivity contribution in [2.75, 3.05) is 5.75 Å². The molecule has 0 amide bonds. The lowest BCUT2D eigenvalue weighted by Crippen LogP contribution is -2.26. The van der Waals surface area contributed by atoms with E-state index >= 15 is 0 Å². The van der Waals surface area contributed by atoms with Gasteiger partial charge in [0.05, 0.1) is 5.75 Å². The Morgan fingerprint density at radius 1 is 1.43 bits per heavy atom. The first-order valence-corrected chi connectivity index (χ1v) is 7.06. The molecule has 0 aromatic carbocycles. The molecule has 0 aliphatic heterocycles. The van der Waals surface area contributed by atoms with Gasteiger partial charge in [-0.3, -0.25) is 0 Å². The Balaban J connectivity index is 2.39. The van der Waals surface area contributed by atoms with Crippen LogP contribution < -0.4 is 0 Å². The van der Waals surface area contributed by atoms with Crippen LogP contribution in [0, 0.1) is 5.92 Å². The molecule has 1 atom stereocenters. The van der Waals surface area contributed by atoms with Crippen LogP contribution in [0.5, 0.6) is 0 Å². The maximum atomic E-state index is 12.9. The van der Waals surface area contributed by atoms with Crippen LogP contribution in [0.25, 0.3) is 0 Å². The normalized spacial score (nSPS) is 27.5. The lowest BCUT2D eigenvalue weighted by Gasteiger charge is -2.28. The summed E-state index contributed by atoms with van der Waals surface area (Å²) in [4.78, 5) is 0. The lowest BCUT2D eigenvalue weighted by atomic mass is 9.85. The van der Waals surface area contributed by atoms with Crippen LogP contribution in [-0.4, -0.2) is 20.1 Å². The number of rotatable bonds is 3. The molecule has 2 nitrogen and oxygen atoms in total. The van der Waals surface area contributed by atoms with E-state index in [4.69, 9.17) is 10.7 Å². The molecule has 84 valence electrons. The second-order valence-electron chi connectivity index (χ2n) is 3.85. The van der Waals surface area contributed by atoms with Crippen molar-refractivity contribution in [3.05, 3.63) is 0 Å². The summed E-state index contributed by atoms with van der Waals surface area (Å²) in [5.41, 5.74) is 0. The minimum absolute atomic E-state index is 0.0723. The van der Waals surface area contributed by atoms with Gasteiger partial charge in [-0.05, 0) is 25.2 Å². The van der Waals surface area contributed by atoms with E-state index in [9.17, 15) is 17.2 Å². The van der Waals surface area contributed by atoms with Crippen LogP contribution in [0.1, 0.15) is 32.1 Å². The number of hydrogen-bond donors (Lipinski definition) is 0. The summed E-state index contributed by atoms with van der Waals surface area (Å²) in [6.07, 6.45) is 1.14. The second-order valence-corrected chi connectivity index (χ2v) is 6.75. The van der Waals surface area contributed by atoms with Gasteiger partial charge in [0.1, 0.15) is 0 Å². The van der Waals surface area contributed by atoms with Gasteiger partial charge in [-0.2, -0.15) is 0 Å². The van der Waals surface area contributed by atoms with Crippen molar-refractivity contribution in [1.82, 2.24) is 0 Å². The fourth-order valence-corrected chi connectivity index (χ4v) is 2.71. The third-order valence-corrected chi connectivity index (χ3v) is 3.70. The fraction of sp³-hybridized carbons (Fsp3) is 1.00. The van der Waals surface area contributed by atoms with Gasteiger partial charge in [0.25, 0.3) is 0 Å². The first-order chi connectivity index (χ1) is 6.29. The van der Waals surface area contributed by atoms with Gasteiger partial charge in [0.2, 0.25) is 15.0 Å². The molecule has 0 bridgehead atoms. The SMILES string of the molecule is O=S(=O)(Cl)CCC1CCCC(F)(F)C1. The fourth-order valence-electron chi connectivity index (χ4n) is 1.83. The van der Waals surface area contributed by atoms with E-state index < -0.39 is 15.0 Å². The van der Waals surface area contributed by atoms with E-state index in [1.807, 2.05) is 0 Å². The zero-order valence-corrected chi connectivity index (χ0v) is 9.25. The van der Waals surface area contributed by atoms with E-state index in [1.54, 1.807) is 0 Å². The molecular formula is C8H13ClF2O2S. The van der Waals surface area contributed by atoms with Crippen LogP contribution in [0.4, 0.5) is 8.78 Å². The van der Waals surface area contributed by atoms with Crippen molar-refractivity contribution in [3.63, 3.8) is 0 Å². The molecular weight excluding hydrogens is 234 g/mol. The van der Waals surface area contributed by atoms with E-state index in [2.05, 4.69) is 0 Å². The van der Waals surface area contributed by atoms with Gasteiger partial charge in [-0.1, -0.05) is 0 Å². The molecule has 0 spiro atoms. The highest BCUT2D eigenvalue weighted by molar-refractivity contribution is 8.13. The second kappa shape index (κ2) is 4.31. The molecule has 0 radical (unpaired) electrons. The van der Waals surface area contributed by atoms with Crippen LogP contribution in [-0.2, 0) is 9.05 Å². The predicted molar refractivity (Wildman–Crippen MR) is 51.2 cm³/mol. The first-order valence-electron chi connectivity index (χ1n) is 4.59. The summed E-state index contributed by atoms with van der Waals surface area (Å²) in [6.45, 7) is 0. The molecule has 6 heteroatoms. The van der Waals surface area contributed by atoms with Crippen molar-refractivity contribution < 1.29 is 17.2 Å². The smallest absolute Gasteiger partial charge is 0.212 e. The zero-order valence-electron chi connectivity index (χ0n) is 7.68. The van der Waals surface area contributed by atoms with E-state index in [-0.39, 0.29) is 30.9 Å². The van der Waals surface area contributed by atoms with Crippen molar-refractivity contribution in [3.8, 4) is 0 Å². The Labute approximate surface area is 87.1 Å². The average Bonchev–Trinajstić information content (AvgIpc) is 1.98. The minimum Gasteiger partial charge on any atom is -0.212 e. The van der Waals surface area contributed by atoms with Crippen molar-refractivity contribution in [2.24, 2.45) is 5.92 Å². The summed E-state index contributed by atoms with van der Waals surface area (Å²) < 4.78 is 47.0. The highest BCUT2D eigenvalue weighted by Crippen LogP contribution is 2.38. The largest absolute Gasteiger partial charge is 0.248 e. The molecule has 0 aromatic rings. The maximum absolute atomic E-state index is 12.9. The third-order valence-electron chi connectivity index (χ3n) is 2.51. The Bertz CT molecular complexity index is 290. The van der Waals surface area contributed by atoms with Crippen molar-refractivity contribution in [2.45, 2.75) is 38.0 Å². The van der Waals surface area contributed by atoms with Gasteiger partial charge in [-0.25, -0.2) is 17.2 Å². The van der Waals surface area contributed by atoms with E-state index in [1.165, 1.54) is 0 Å². The van der Waals surface area contributed by atoms with Gasteiger partial charge in [0, 0.05) is 23.5 Å². The van der Waals surface area contributed by atoms with Crippen molar-refractivity contribution in [1.29, 1.82) is 0 Å². The van der Waals surface area contributed by atoms with Crippen LogP contribution in [0.2, 0.25) is 0 Å². The Morgan fingerprint density at radius 2 is 2.07 bits per heavy atom. The molecule has 1 fully saturated rings. The van der Waals surface area contributed by atoms with Gasteiger partial charge < -0.3 is 0 Å². The summed E-state index contributed by atoms with van der Waals surface area (Å²) >= 11 is 0. The standard InChI is InChI=1S/C8H13ClF2O2S/c9-14(12,13)5-3-7-2-1-4-8(10,11)6-7/h7H,1-6H2. The minimum atomic E-state index is -3.53. The van der Waals surface area contributed by atoms with E-state index in [0.29, 0.717) is 12.8 Å². The molecule has 0 aromatic heterocycles. The van der Waals surface area contributed by atoms with Crippen LogP contribution in [0.3, 0.4) is 0 Å². The first kappa shape index (κ1) is 12.2. The molecule has 1 aliphatic rings. The molecule has 1 rings (SSSR count). The zero-order chi connectivity index (χ0) is 10.8. The Kier molecular flexibility index (Phi) is 3.75. The van der Waals surface area contributed by atoms with Crippen molar-refractivity contribution >= 4 is 19.7 Å². The van der Waals surface area contributed by atoms with Gasteiger partial charge >= 0.3 is 0 Å². The van der Waals surface area contributed by atoms with Crippen LogP contribution >= 0.6 is 10.7 Å². The summed E-state index contributed by atoms with van der Waals surface area (Å²) in [5, 5.41) is 0. The third kappa shape index (κ3) is 4.55. The molecule has 1 aliphatic carbocycles. The predicted octanol–water partition coefficient (Wildman–Crippen LogP) is 2.77. The summed E-state index contributed by atoms with van der Waals surface area (Å²) in [6, 6.07) is 0.